The van der Waals surface area contributed by atoms with Crippen molar-refractivity contribution in [1.82, 2.24) is 13.9 Å². The van der Waals surface area contributed by atoms with Gasteiger partial charge in [0.25, 0.3) is 10.0 Å². The van der Waals surface area contributed by atoms with Gasteiger partial charge in [0.05, 0.1) is 12.2 Å². The van der Waals surface area contributed by atoms with E-state index in [0.717, 1.165) is 0 Å². The van der Waals surface area contributed by atoms with E-state index < -0.39 is 21.9 Å². The quantitative estimate of drug-likeness (QED) is 0.901. The molecule has 1 aliphatic rings. The van der Waals surface area contributed by atoms with Crippen LogP contribution in [0.1, 0.15) is 33.2 Å². The van der Waals surface area contributed by atoms with Crippen LogP contribution in [-0.4, -0.2) is 46.4 Å². The van der Waals surface area contributed by atoms with Crippen LogP contribution in [0.3, 0.4) is 0 Å². The van der Waals surface area contributed by atoms with Gasteiger partial charge in [0.2, 0.25) is 0 Å². The highest BCUT2D eigenvalue weighted by molar-refractivity contribution is 7.89. The highest BCUT2D eigenvalue weighted by Gasteiger charge is 2.37. The van der Waals surface area contributed by atoms with Crippen molar-refractivity contribution in [3.8, 4) is 0 Å². The third kappa shape index (κ3) is 3.26. The minimum Gasteiger partial charge on any atom is -0.481 e. The molecule has 2 atom stereocenters. The monoisotopic (exact) mass is 315 g/mol. The predicted molar refractivity (Wildman–Crippen MR) is 76.3 cm³/mol. The molecule has 1 fully saturated rings. The molecule has 1 aromatic heterocycles. The summed E-state index contributed by atoms with van der Waals surface area (Å²) in [5, 5.41) is 9.13. The number of carbonyl (C=O) groups is 1. The summed E-state index contributed by atoms with van der Waals surface area (Å²) in [6.45, 7) is 6.07. The van der Waals surface area contributed by atoms with Crippen LogP contribution in [0, 0.1) is 11.8 Å². The van der Waals surface area contributed by atoms with Crippen molar-refractivity contribution in [2.24, 2.45) is 11.8 Å². The van der Waals surface area contributed by atoms with Crippen molar-refractivity contribution >= 4 is 16.0 Å². The second kappa shape index (κ2) is 5.76. The Kier molecular flexibility index (Phi) is 4.38. The van der Waals surface area contributed by atoms with Gasteiger partial charge in [-0.25, -0.2) is 13.4 Å². The Bertz CT molecular complexity index is 623. The Hall–Kier alpha value is -1.41. The molecule has 118 valence electrons. The topological polar surface area (TPSA) is 92.5 Å². The predicted octanol–water partition coefficient (Wildman–Crippen LogP) is 1.20. The summed E-state index contributed by atoms with van der Waals surface area (Å²) in [7, 11) is -3.74. The molecule has 7 nitrogen and oxygen atoms in total. The van der Waals surface area contributed by atoms with Gasteiger partial charge < -0.3 is 9.67 Å². The summed E-state index contributed by atoms with van der Waals surface area (Å²) in [5.74, 6) is -1.59. The number of rotatable bonds is 4. The molecule has 0 aromatic carbocycles. The first-order valence-corrected chi connectivity index (χ1v) is 8.42. The molecule has 8 heteroatoms. The van der Waals surface area contributed by atoms with Gasteiger partial charge in [0.15, 0.2) is 5.03 Å². The molecule has 2 unspecified atom stereocenters. The van der Waals surface area contributed by atoms with Gasteiger partial charge in [-0.05, 0) is 26.2 Å². The number of imidazole rings is 1. The first-order valence-electron chi connectivity index (χ1n) is 6.98. The Labute approximate surface area is 124 Å². The van der Waals surface area contributed by atoms with Crippen molar-refractivity contribution in [2.45, 2.75) is 38.3 Å². The lowest BCUT2D eigenvalue weighted by Gasteiger charge is -2.33. The highest BCUT2D eigenvalue weighted by Crippen LogP contribution is 2.26. The van der Waals surface area contributed by atoms with E-state index in [0.29, 0.717) is 13.0 Å². The molecule has 1 aromatic rings. The average Bonchev–Trinajstić information content (AvgIpc) is 2.88. The molecule has 2 rings (SSSR count). The Balaban J connectivity index is 2.27. The van der Waals surface area contributed by atoms with E-state index in [1.54, 1.807) is 4.57 Å². The van der Waals surface area contributed by atoms with Gasteiger partial charge in [0.1, 0.15) is 0 Å². The summed E-state index contributed by atoms with van der Waals surface area (Å²) in [4.78, 5) is 15.1. The van der Waals surface area contributed by atoms with Crippen LogP contribution in [0.4, 0.5) is 0 Å². The maximum atomic E-state index is 12.6. The molecule has 0 amide bonds. The first-order chi connectivity index (χ1) is 9.71. The normalized spacial score (nSPS) is 24.4. The van der Waals surface area contributed by atoms with Gasteiger partial charge in [0, 0.05) is 25.3 Å². The first kappa shape index (κ1) is 16.0. The maximum Gasteiger partial charge on any atom is 0.307 e. The summed E-state index contributed by atoms with van der Waals surface area (Å²) < 4.78 is 28.1. The third-order valence-corrected chi connectivity index (χ3v) is 5.47. The van der Waals surface area contributed by atoms with Crippen molar-refractivity contribution in [2.75, 3.05) is 13.1 Å². The number of sulfonamides is 1. The number of hydrogen-bond donors (Lipinski definition) is 1. The number of carboxylic acids is 1. The Morgan fingerprint density at radius 1 is 1.43 bits per heavy atom. The third-order valence-electron chi connectivity index (χ3n) is 3.75. The van der Waals surface area contributed by atoms with Gasteiger partial charge >= 0.3 is 5.97 Å². The zero-order chi connectivity index (χ0) is 15.8. The number of hydrogen-bond acceptors (Lipinski definition) is 4. The summed E-state index contributed by atoms with van der Waals surface area (Å²) in [6, 6.07) is 0.119. The SMILES string of the molecule is CC1CC(C(=O)O)CN(S(=O)(=O)c2cn(C(C)C)cn2)C1. The minimum absolute atomic E-state index is 0.0105. The van der Waals surface area contributed by atoms with Crippen LogP contribution in [0.2, 0.25) is 0 Å². The van der Waals surface area contributed by atoms with E-state index in [4.69, 9.17) is 5.11 Å². The number of aliphatic carboxylic acids is 1. The van der Waals surface area contributed by atoms with E-state index in [2.05, 4.69) is 4.98 Å². The lowest BCUT2D eigenvalue weighted by Crippen LogP contribution is -2.45. The van der Waals surface area contributed by atoms with E-state index in [9.17, 15) is 13.2 Å². The van der Waals surface area contributed by atoms with E-state index >= 15 is 0 Å². The molecule has 2 heterocycles. The Morgan fingerprint density at radius 3 is 2.62 bits per heavy atom. The number of nitrogens with zero attached hydrogens (tertiary/aromatic N) is 3. The molecule has 0 bridgehead atoms. The van der Waals surface area contributed by atoms with Crippen LogP contribution in [-0.2, 0) is 14.8 Å². The lowest BCUT2D eigenvalue weighted by molar-refractivity contribution is -0.143. The summed E-state index contributed by atoms with van der Waals surface area (Å²) in [5.41, 5.74) is 0. The average molecular weight is 315 g/mol. The van der Waals surface area contributed by atoms with Crippen LogP contribution < -0.4 is 0 Å². The molecule has 0 aliphatic carbocycles. The second-order valence-corrected chi connectivity index (χ2v) is 7.84. The zero-order valence-electron chi connectivity index (χ0n) is 12.4. The van der Waals surface area contributed by atoms with Crippen LogP contribution in [0.5, 0.6) is 0 Å². The van der Waals surface area contributed by atoms with Gasteiger partial charge in [-0.1, -0.05) is 6.92 Å². The van der Waals surface area contributed by atoms with Crippen molar-refractivity contribution in [3.63, 3.8) is 0 Å². The molecule has 0 radical (unpaired) electrons. The maximum absolute atomic E-state index is 12.6. The summed E-state index contributed by atoms with van der Waals surface area (Å²) in [6.07, 6.45) is 3.48. The fourth-order valence-corrected chi connectivity index (χ4v) is 4.07. The van der Waals surface area contributed by atoms with Crippen LogP contribution in [0.15, 0.2) is 17.6 Å². The number of piperidine rings is 1. The van der Waals surface area contributed by atoms with Crippen LogP contribution in [0.25, 0.3) is 0 Å². The standard InChI is InChI=1S/C13H21N3O4S/c1-9(2)15-7-12(14-8-15)21(19,20)16-5-10(3)4-11(6-16)13(17)18/h7-11H,4-6H2,1-3H3,(H,17,18). The van der Waals surface area contributed by atoms with E-state index in [1.165, 1.54) is 16.8 Å². The minimum atomic E-state index is -3.74. The number of aromatic nitrogens is 2. The molecule has 0 spiro atoms. The molecular formula is C13H21N3O4S. The van der Waals surface area contributed by atoms with Crippen molar-refractivity contribution in [1.29, 1.82) is 0 Å². The molecule has 21 heavy (non-hydrogen) atoms. The number of carboxylic acid groups (broad SMARTS) is 1. The highest BCUT2D eigenvalue weighted by atomic mass is 32.2. The van der Waals surface area contributed by atoms with Gasteiger partial charge in [-0.2, -0.15) is 4.31 Å². The molecule has 1 aliphatic heterocycles. The smallest absolute Gasteiger partial charge is 0.307 e. The fourth-order valence-electron chi connectivity index (χ4n) is 2.54. The van der Waals surface area contributed by atoms with E-state index in [1.807, 2.05) is 20.8 Å². The second-order valence-electron chi connectivity index (χ2n) is 5.95. The van der Waals surface area contributed by atoms with Crippen LogP contribution >= 0.6 is 0 Å². The van der Waals surface area contributed by atoms with E-state index in [-0.39, 0.29) is 23.5 Å². The molecular weight excluding hydrogens is 294 g/mol. The fraction of sp³-hybridized carbons (Fsp3) is 0.692. The largest absolute Gasteiger partial charge is 0.481 e. The van der Waals surface area contributed by atoms with Crippen molar-refractivity contribution < 1.29 is 18.3 Å². The van der Waals surface area contributed by atoms with Gasteiger partial charge in [-0.3, -0.25) is 4.79 Å². The van der Waals surface area contributed by atoms with Gasteiger partial charge in [-0.15, -0.1) is 0 Å². The lowest BCUT2D eigenvalue weighted by atomic mass is 9.92. The zero-order valence-corrected chi connectivity index (χ0v) is 13.2. The molecule has 0 saturated carbocycles. The Morgan fingerprint density at radius 2 is 2.10 bits per heavy atom. The van der Waals surface area contributed by atoms with Crippen molar-refractivity contribution in [3.05, 3.63) is 12.5 Å². The molecule has 1 N–H and O–H groups in total. The molecule has 1 saturated heterocycles. The summed E-state index contributed by atoms with van der Waals surface area (Å²) >= 11 is 0.